The molecule has 1 fully saturated rings. The molecule has 0 spiro atoms. The number of methoxy groups -OCH3 is 1. The van der Waals surface area contributed by atoms with Crippen molar-refractivity contribution in [2.24, 2.45) is 0 Å². The van der Waals surface area contributed by atoms with Crippen molar-refractivity contribution in [1.82, 2.24) is 4.31 Å². The van der Waals surface area contributed by atoms with E-state index in [0.29, 0.717) is 25.2 Å². The predicted octanol–water partition coefficient (Wildman–Crippen LogP) is 2.88. The molecule has 0 amide bonds. The van der Waals surface area contributed by atoms with E-state index in [1.165, 1.54) is 29.6 Å². The zero-order valence-corrected chi connectivity index (χ0v) is 19.9. The van der Waals surface area contributed by atoms with Crippen molar-refractivity contribution in [2.75, 3.05) is 40.0 Å². The van der Waals surface area contributed by atoms with Crippen molar-refractivity contribution in [3.63, 3.8) is 0 Å². The highest BCUT2D eigenvalue weighted by Crippen LogP contribution is 2.28. The number of Topliss-reactive ketones (excluding diaryl/α,β-unsaturated/α-hetero) is 1. The molecule has 1 heterocycles. The minimum Gasteiger partial charge on any atom is -0.495 e. The lowest BCUT2D eigenvalue weighted by Crippen LogP contribution is -2.40. The van der Waals surface area contributed by atoms with E-state index in [2.05, 4.69) is 0 Å². The van der Waals surface area contributed by atoms with E-state index in [1.54, 1.807) is 0 Å². The number of ketones is 1. The van der Waals surface area contributed by atoms with Crippen LogP contribution in [0.25, 0.3) is 0 Å². The Hall–Kier alpha value is -2.75. The summed E-state index contributed by atoms with van der Waals surface area (Å²) in [6.45, 7) is 4.54. The molecule has 0 bridgehead atoms. The molecule has 0 atom stereocenters. The maximum Gasteiger partial charge on any atom is 0.338 e. The highest BCUT2D eigenvalue weighted by Gasteiger charge is 2.30. The Balaban J connectivity index is 1.79. The molecule has 0 aliphatic carbocycles. The monoisotopic (exact) mass is 475 g/mol. The molecule has 0 unspecified atom stereocenters. The van der Waals surface area contributed by atoms with Gasteiger partial charge in [-0.15, -0.1) is 0 Å². The Bertz CT molecular complexity index is 1120. The molecule has 178 valence electrons. The first-order valence-corrected chi connectivity index (χ1v) is 12.3. The molecule has 0 N–H and O–H groups in total. The van der Waals surface area contributed by atoms with Gasteiger partial charge in [-0.3, -0.25) is 4.79 Å². The van der Waals surface area contributed by atoms with Gasteiger partial charge >= 0.3 is 5.97 Å². The summed E-state index contributed by atoms with van der Waals surface area (Å²) in [6, 6.07) is 9.78. The van der Waals surface area contributed by atoms with Gasteiger partial charge in [0.2, 0.25) is 15.8 Å². The first kappa shape index (κ1) is 24.9. The van der Waals surface area contributed by atoms with Gasteiger partial charge in [0.15, 0.2) is 6.61 Å². The lowest BCUT2D eigenvalue weighted by atomic mass is 9.98. The summed E-state index contributed by atoms with van der Waals surface area (Å²) in [5.74, 6) is -0.961. The van der Waals surface area contributed by atoms with Gasteiger partial charge in [-0.05, 0) is 48.2 Å². The van der Waals surface area contributed by atoms with Crippen LogP contribution in [0.1, 0.15) is 45.7 Å². The number of hydrogen-bond donors (Lipinski definition) is 0. The van der Waals surface area contributed by atoms with Crippen LogP contribution in [0.5, 0.6) is 5.75 Å². The Morgan fingerprint density at radius 2 is 1.76 bits per heavy atom. The maximum atomic E-state index is 13.1. The van der Waals surface area contributed by atoms with E-state index in [-0.39, 0.29) is 35.1 Å². The average molecular weight is 476 g/mol. The minimum atomic E-state index is -3.90. The zero-order chi connectivity index (χ0) is 24.0. The molecule has 1 aliphatic rings. The third kappa shape index (κ3) is 5.61. The normalized spacial score (nSPS) is 14.6. The number of hydrogen-bond acceptors (Lipinski definition) is 7. The summed E-state index contributed by atoms with van der Waals surface area (Å²) in [7, 11) is -2.54. The Labute approximate surface area is 194 Å². The van der Waals surface area contributed by atoms with Crippen molar-refractivity contribution in [2.45, 2.75) is 31.6 Å². The van der Waals surface area contributed by atoms with Gasteiger partial charge in [-0.1, -0.05) is 26.0 Å². The lowest BCUT2D eigenvalue weighted by molar-refractivity contribution is 0.0474. The van der Waals surface area contributed by atoms with E-state index in [0.717, 1.165) is 17.5 Å². The number of esters is 1. The van der Waals surface area contributed by atoms with E-state index >= 15 is 0 Å². The number of nitrogens with zero attached hydrogens (tertiary/aromatic N) is 1. The molecule has 33 heavy (non-hydrogen) atoms. The van der Waals surface area contributed by atoms with Crippen molar-refractivity contribution >= 4 is 21.8 Å². The van der Waals surface area contributed by atoms with Gasteiger partial charge in [0.25, 0.3) is 0 Å². The molecular formula is C24H29NO7S. The van der Waals surface area contributed by atoms with E-state index < -0.39 is 22.6 Å². The second-order valence-corrected chi connectivity index (χ2v) is 9.49. The fourth-order valence-corrected chi connectivity index (χ4v) is 5.22. The molecular weight excluding hydrogens is 446 g/mol. The van der Waals surface area contributed by atoms with Crippen molar-refractivity contribution in [3.8, 4) is 5.75 Å². The highest BCUT2D eigenvalue weighted by atomic mass is 32.2. The molecule has 1 saturated heterocycles. The molecule has 0 aromatic heterocycles. The average Bonchev–Trinajstić information content (AvgIpc) is 2.86. The van der Waals surface area contributed by atoms with E-state index in [4.69, 9.17) is 14.2 Å². The number of benzene rings is 2. The molecule has 2 aromatic rings. The number of sulfonamides is 1. The summed E-state index contributed by atoms with van der Waals surface area (Å²) in [5.41, 5.74) is 2.47. The van der Waals surface area contributed by atoms with Crippen LogP contribution < -0.4 is 4.74 Å². The molecule has 3 rings (SSSR count). The number of carbonyl (C=O) groups excluding carboxylic acids is 2. The van der Waals surface area contributed by atoms with Gasteiger partial charge < -0.3 is 14.2 Å². The number of rotatable bonds is 9. The number of carbonyl (C=O) groups is 2. The predicted molar refractivity (Wildman–Crippen MR) is 122 cm³/mol. The van der Waals surface area contributed by atoms with Crippen LogP contribution in [0, 0.1) is 0 Å². The van der Waals surface area contributed by atoms with Crippen LogP contribution in [-0.4, -0.2) is 64.5 Å². The summed E-state index contributed by atoms with van der Waals surface area (Å²) < 4.78 is 43.2. The van der Waals surface area contributed by atoms with Crippen molar-refractivity contribution in [1.29, 1.82) is 0 Å². The first-order chi connectivity index (χ1) is 15.8. The zero-order valence-electron chi connectivity index (χ0n) is 19.1. The topological polar surface area (TPSA) is 99.2 Å². The molecule has 9 heteroatoms. The number of morpholine rings is 1. The Kier molecular flexibility index (Phi) is 8.23. The fraction of sp³-hybridized carbons (Fsp3) is 0.417. The van der Waals surface area contributed by atoms with Gasteiger partial charge in [0.05, 0.1) is 25.9 Å². The molecule has 0 radical (unpaired) electrons. The largest absolute Gasteiger partial charge is 0.495 e. The van der Waals surface area contributed by atoms with E-state index in [9.17, 15) is 18.0 Å². The molecule has 1 aliphatic heterocycles. The second-order valence-electron chi connectivity index (χ2n) is 7.58. The standard InChI is InChI=1S/C24H29NO7S/c1-4-17-6-7-18(5-2)20(14-17)21(26)16-32-24(27)19-8-9-22(30-3)23(15-19)33(28,29)25-10-12-31-13-11-25/h6-9,14-15H,4-5,10-13,16H2,1-3H3. The molecule has 2 aromatic carbocycles. The van der Waals surface area contributed by atoms with Crippen LogP contribution in [0.15, 0.2) is 41.3 Å². The third-order valence-corrected chi connectivity index (χ3v) is 7.51. The summed E-state index contributed by atoms with van der Waals surface area (Å²) >= 11 is 0. The Morgan fingerprint density at radius 1 is 1.03 bits per heavy atom. The fourth-order valence-electron chi connectivity index (χ4n) is 3.63. The number of aryl methyl sites for hydroxylation is 2. The van der Waals surface area contributed by atoms with E-state index in [1.807, 2.05) is 32.0 Å². The molecule has 8 nitrogen and oxygen atoms in total. The van der Waals surface area contributed by atoms with Gasteiger partial charge in [-0.25, -0.2) is 13.2 Å². The maximum absolute atomic E-state index is 13.1. The van der Waals surface area contributed by atoms with Crippen LogP contribution in [0.2, 0.25) is 0 Å². The quantitative estimate of drug-likeness (QED) is 0.406. The highest BCUT2D eigenvalue weighted by molar-refractivity contribution is 7.89. The summed E-state index contributed by atoms with van der Waals surface area (Å²) in [4.78, 5) is 25.3. The van der Waals surface area contributed by atoms with Crippen molar-refractivity contribution < 1.29 is 32.2 Å². The van der Waals surface area contributed by atoms with Crippen molar-refractivity contribution in [3.05, 3.63) is 58.7 Å². The van der Waals surface area contributed by atoms with Crippen LogP contribution in [-0.2, 0) is 32.3 Å². The molecule has 0 saturated carbocycles. The van der Waals surface area contributed by atoms with Crippen LogP contribution in [0.4, 0.5) is 0 Å². The SMILES string of the molecule is CCc1ccc(CC)c(C(=O)COC(=O)c2ccc(OC)c(S(=O)(=O)N3CCOCC3)c2)c1. The Morgan fingerprint density at radius 3 is 2.39 bits per heavy atom. The van der Waals surface area contributed by atoms with Crippen LogP contribution in [0.3, 0.4) is 0 Å². The second kappa shape index (κ2) is 10.9. The summed E-state index contributed by atoms with van der Waals surface area (Å²) in [6.07, 6.45) is 1.47. The smallest absolute Gasteiger partial charge is 0.338 e. The van der Waals surface area contributed by atoms with Gasteiger partial charge in [0, 0.05) is 18.7 Å². The van der Waals surface area contributed by atoms with Crippen LogP contribution >= 0.6 is 0 Å². The van der Waals surface area contributed by atoms with Gasteiger partial charge in [0.1, 0.15) is 10.6 Å². The van der Waals surface area contributed by atoms with Gasteiger partial charge in [-0.2, -0.15) is 4.31 Å². The first-order valence-electron chi connectivity index (χ1n) is 10.9. The minimum absolute atomic E-state index is 0.0217. The third-order valence-electron chi connectivity index (χ3n) is 5.59. The summed E-state index contributed by atoms with van der Waals surface area (Å²) in [5, 5.41) is 0. The number of ether oxygens (including phenoxy) is 3. The lowest BCUT2D eigenvalue weighted by Gasteiger charge is -2.26.